The third-order valence-corrected chi connectivity index (χ3v) is 7.34. The highest BCUT2D eigenvalue weighted by atomic mass is 32.2. The van der Waals surface area contributed by atoms with Crippen LogP contribution in [0.25, 0.3) is 0 Å². The Morgan fingerprint density at radius 1 is 1.32 bits per heavy atom. The molecule has 3 rings (SSSR count). The molecule has 2 aliphatic rings. The van der Waals surface area contributed by atoms with E-state index in [0.29, 0.717) is 28.2 Å². The highest BCUT2D eigenvalue weighted by Crippen LogP contribution is 2.29. The predicted octanol–water partition coefficient (Wildman–Crippen LogP) is 0.709. The van der Waals surface area contributed by atoms with Crippen molar-refractivity contribution < 1.29 is 13.5 Å². The van der Waals surface area contributed by atoms with Gasteiger partial charge in [-0.3, -0.25) is 4.90 Å². The number of nitrogens with zero attached hydrogens (tertiary/aromatic N) is 2. The summed E-state index contributed by atoms with van der Waals surface area (Å²) < 4.78 is 27.0. The maximum absolute atomic E-state index is 12.5. The monoisotopic (exact) mass is 302 g/mol. The van der Waals surface area contributed by atoms with Gasteiger partial charge in [-0.05, 0) is 31.5 Å². The molecule has 1 unspecified atom stereocenters. The highest BCUT2D eigenvalue weighted by molar-refractivity contribution is 7.91. The van der Waals surface area contributed by atoms with Crippen LogP contribution < -0.4 is 0 Å². The third kappa shape index (κ3) is 2.45. The standard InChI is InChI=1S/C12H18N2O3S2/c15-9-11-3-4-12(18-11)19(16,17)14-7-6-13-5-1-2-10(13)8-14/h3-4,10,15H,1-2,5-9H2. The summed E-state index contributed by atoms with van der Waals surface area (Å²) in [5.74, 6) is 0. The van der Waals surface area contributed by atoms with Crippen molar-refractivity contribution in [2.45, 2.75) is 29.7 Å². The van der Waals surface area contributed by atoms with E-state index in [4.69, 9.17) is 5.11 Å². The van der Waals surface area contributed by atoms with Gasteiger partial charge in [-0.25, -0.2) is 8.42 Å². The van der Waals surface area contributed by atoms with E-state index in [2.05, 4.69) is 4.90 Å². The first kappa shape index (κ1) is 13.5. The van der Waals surface area contributed by atoms with E-state index in [-0.39, 0.29) is 6.61 Å². The summed E-state index contributed by atoms with van der Waals surface area (Å²) in [5.41, 5.74) is 0. The van der Waals surface area contributed by atoms with Crippen LogP contribution in [0.5, 0.6) is 0 Å². The highest BCUT2D eigenvalue weighted by Gasteiger charge is 2.36. The van der Waals surface area contributed by atoms with E-state index in [9.17, 15) is 8.42 Å². The molecule has 7 heteroatoms. The lowest BCUT2D eigenvalue weighted by Gasteiger charge is -2.36. The van der Waals surface area contributed by atoms with Crippen molar-refractivity contribution in [2.75, 3.05) is 26.2 Å². The molecule has 2 aliphatic heterocycles. The molecule has 0 radical (unpaired) electrons. The lowest BCUT2D eigenvalue weighted by Crippen LogP contribution is -2.51. The second-order valence-corrected chi connectivity index (χ2v) is 8.41. The number of aliphatic hydroxyl groups excluding tert-OH is 1. The van der Waals surface area contributed by atoms with E-state index < -0.39 is 10.0 Å². The van der Waals surface area contributed by atoms with Crippen molar-refractivity contribution in [3.63, 3.8) is 0 Å². The van der Waals surface area contributed by atoms with E-state index in [0.717, 1.165) is 19.5 Å². The lowest BCUT2D eigenvalue weighted by atomic mass is 10.2. The largest absolute Gasteiger partial charge is 0.391 e. The Balaban J connectivity index is 1.80. The van der Waals surface area contributed by atoms with Crippen LogP contribution in [-0.4, -0.2) is 55.0 Å². The van der Waals surface area contributed by atoms with E-state index >= 15 is 0 Å². The number of sulfonamides is 1. The topological polar surface area (TPSA) is 60.9 Å². The molecule has 0 bridgehead atoms. The summed E-state index contributed by atoms with van der Waals surface area (Å²) in [6.45, 7) is 3.02. The molecular formula is C12H18N2O3S2. The summed E-state index contributed by atoms with van der Waals surface area (Å²) >= 11 is 1.17. The van der Waals surface area contributed by atoms with Gasteiger partial charge in [-0.1, -0.05) is 0 Å². The van der Waals surface area contributed by atoms with Crippen LogP contribution in [0.3, 0.4) is 0 Å². The molecule has 106 valence electrons. The summed E-state index contributed by atoms with van der Waals surface area (Å²) in [6.07, 6.45) is 2.27. The first-order chi connectivity index (χ1) is 9.11. The smallest absolute Gasteiger partial charge is 0.252 e. The van der Waals surface area contributed by atoms with Crippen LogP contribution in [0.15, 0.2) is 16.3 Å². The normalized spacial score (nSPS) is 25.6. The minimum absolute atomic E-state index is 0.101. The number of hydrogen-bond acceptors (Lipinski definition) is 5. The van der Waals surface area contributed by atoms with Crippen molar-refractivity contribution in [1.29, 1.82) is 0 Å². The zero-order valence-electron chi connectivity index (χ0n) is 10.7. The molecule has 0 spiro atoms. The van der Waals surface area contributed by atoms with Crippen molar-refractivity contribution >= 4 is 21.4 Å². The number of thiophene rings is 1. The Kier molecular flexibility index (Phi) is 3.65. The Labute approximate surface area is 117 Å². The fraction of sp³-hybridized carbons (Fsp3) is 0.667. The number of rotatable bonds is 3. The molecule has 0 aliphatic carbocycles. The second-order valence-electron chi connectivity index (χ2n) is 5.07. The molecule has 5 nitrogen and oxygen atoms in total. The molecule has 3 heterocycles. The third-order valence-electron chi connectivity index (χ3n) is 3.94. The fourth-order valence-electron chi connectivity index (χ4n) is 2.89. The van der Waals surface area contributed by atoms with Crippen LogP contribution in [0.4, 0.5) is 0 Å². The Hall–Kier alpha value is -0.470. The minimum Gasteiger partial charge on any atom is -0.391 e. The van der Waals surface area contributed by atoms with E-state index in [1.54, 1.807) is 16.4 Å². The lowest BCUT2D eigenvalue weighted by molar-refractivity contribution is 0.158. The average Bonchev–Trinajstić information content (AvgIpc) is 3.06. The second kappa shape index (κ2) is 5.14. The van der Waals surface area contributed by atoms with E-state index in [1.807, 2.05) is 0 Å². The van der Waals surface area contributed by atoms with Crippen LogP contribution in [0, 0.1) is 0 Å². The molecule has 0 aromatic carbocycles. The molecule has 0 saturated carbocycles. The molecule has 0 amide bonds. The van der Waals surface area contributed by atoms with Crippen LogP contribution in [0.1, 0.15) is 17.7 Å². The van der Waals surface area contributed by atoms with Gasteiger partial charge in [0.2, 0.25) is 0 Å². The van der Waals surface area contributed by atoms with Gasteiger partial charge in [0.25, 0.3) is 10.0 Å². The fourth-order valence-corrected chi connectivity index (χ4v) is 5.73. The van der Waals surface area contributed by atoms with Crippen molar-refractivity contribution in [3.05, 3.63) is 17.0 Å². The summed E-state index contributed by atoms with van der Waals surface area (Å²) in [7, 11) is -3.38. The summed E-state index contributed by atoms with van der Waals surface area (Å²) in [4.78, 5) is 3.08. The number of piperazine rings is 1. The maximum atomic E-state index is 12.5. The Morgan fingerprint density at radius 3 is 2.89 bits per heavy atom. The van der Waals surface area contributed by atoms with Crippen molar-refractivity contribution in [2.24, 2.45) is 0 Å². The molecule has 1 aromatic heterocycles. The van der Waals surface area contributed by atoms with Crippen molar-refractivity contribution in [3.8, 4) is 0 Å². The first-order valence-corrected chi connectivity index (χ1v) is 8.80. The van der Waals surface area contributed by atoms with Gasteiger partial charge in [-0.2, -0.15) is 4.31 Å². The SMILES string of the molecule is O=S(=O)(c1ccc(CO)s1)N1CCN2CCCC2C1. The van der Waals surface area contributed by atoms with Crippen molar-refractivity contribution in [1.82, 2.24) is 9.21 Å². The van der Waals surface area contributed by atoms with Crippen LogP contribution in [-0.2, 0) is 16.6 Å². The van der Waals surface area contributed by atoms with Crippen LogP contribution >= 0.6 is 11.3 Å². The minimum atomic E-state index is -3.38. The molecular weight excluding hydrogens is 284 g/mol. The summed E-state index contributed by atoms with van der Waals surface area (Å²) in [5, 5.41) is 9.05. The Bertz CT molecular complexity index is 555. The van der Waals surface area contributed by atoms with Gasteiger partial charge in [0.05, 0.1) is 6.61 Å². The quantitative estimate of drug-likeness (QED) is 0.893. The maximum Gasteiger partial charge on any atom is 0.252 e. The van der Waals surface area contributed by atoms with Gasteiger partial charge >= 0.3 is 0 Å². The first-order valence-electron chi connectivity index (χ1n) is 6.55. The molecule has 1 N–H and O–H groups in total. The predicted molar refractivity (Wildman–Crippen MR) is 73.6 cm³/mol. The van der Waals surface area contributed by atoms with Gasteiger partial charge in [0.1, 0.15) is 4.21 Å². The zero-order chi connectivity index (χ0) is 13.5. The average molecular weight is 302 g/mol. The van der Waals surface area contributed by atoms with Crippen LogP contribution in [0.2, 0.25) is 0 Å². The molecule has 2 saturated heterocycles. The van der Waals surface area contributed by atoms with E-state index in [1.165, 1.54) is 17.8 Å². The molecule has 19 heavy (non-hydrogen) atoms. The van der Waals surface area contributed by atoms with Gasteiger partial charge in [0, 0.05) is 30.6 Å². The zero-order valence-corrected chi connectivity index (χ0v) is 12.3. The summed E-state index contributed by atoms with van der Waals surface area (Å²) in [6, 6.07) is 3.68. The Morgan fingerprint density at radius 2 is 2.16 bits per heavy atom. The molecule has 2 fully saturated rings. The van der Waals surface area contributed by atoms with Gasteiger partial charge in [0.15, 0.2) is 0 Å². The molecule has 1 atom stereocenters. The van der Waals surface area contributed by atoms with Gasteiger partial charge < -0.3 is 5.11 Å². The van der Waals surface area contributed by atoms with Gasteiger partial charge in [-0.15, -0.1) is 11.3 Å². The molecule has 1 aromatic rings. The number of aliphatic hydroxyl groups is 1. The number of hydrogen-bond donors (Lipinski definition) is 1. The number of fused-ring (bicyclic) bond motifs is 1.